The number of benzene rings is 2. The first kappa shape index (κ1) is 13.0. The van der Waals surface area contributed by atoms with Crippen LogP contribution in [0.4, 0.5) is 0 Å². The first-order valence-electron chi connectivity index (χ1n) is 7.42. The number of nitrogens with two attached hydrogens (primary N) is 1. The summed E-state index contributed by atoms with van der Waals surface area (Å²) in [5.41, 5.74) is 10.0. The molecule has 4 rings (SSSR count). The standard InChI is InChI=1S/C18H18N2S/c19-12-13-10-11-21-18-17(13)15-8-4-5-9-16(15)20(18)14-6-2-1-3-7-14/h1-9,13H,10-12,19H2. The fourth-order valence-electron chi connectivity index (χ4n) is 3.29. The van der Waals surface area contributed by atoms with E-state index in [9.17, 15) is 0 Å². The second kappa shape index (κ2) is 5.24. The number of hydrogen-bond acceptors (Lipinski definition) is 2. The van der Waals surface area contributed by atoms with E-state index in [1.54, 1.807) is 0 Å². The maximum absolute atomic E-state index is 6.04. The lowest BCUT2D eigenvalue weighted by molar-refractivity contribution is 0.654. The van der Waals surface area contributed by atoms with Gasteiger partial charge in [0.25, 0.3) is 0 Å². The minimum atomic E-state index is 0.483. The molecule has 3 heteroatoms. The van der Waals surface area contributed by atoms with Gasteiger partial charge in [-0.15, -0.1) is 11.8 Å². The van der Waals surface area contributed by atoms with Gasteiger partial charge < -0.3 is 10.3 Å². The number of aromatic nitrogens is 1. The minimum absolute atomic E-state index is 0.483. The largest absolute Gasteiger partial charge is 0.330 e. The molecule has 2 aromatic carbocycles. The highest BCUT2D eigenvalue weighted by Crippen LogP contribution is 2.44. The molecule has 2 nitrogen and oxygen atoms in total. The van der Waals surface area contributed by atoms with E-state index in [2.05, 4.69) is 59.2 Å². The Hall–Kier alpha value is -1.71. The van der Waals surface area contributed by atoms with Crippen LogP contribution in [0.5, 0.6) is 0 Å². The molecule has 1 aliphatic heterocycles. The molecule has 0 bridgehead atoms. The Balaban J connectivity index is 2.07. The molecule has 1 aromatic heterocycles. The average Bonchev–Trinajstić information content (AvgIpc) is 2.90. The van der Waals surface area contributed by atoms with Crippen molar-refractivity contribution >= 4 is 22.7 Å². The fraction of sp³-hybridized carbons (Fsp3) is 0.222. The molecule has 0 saturated carbocycles. The lowest BCUT2D eigenvalue weighted by Crippen LogP contribution is -2.17. The summed E-state index contributed by atoms with van der Waals surface area (Å²) in [4.78, 5) is 0. The Bertz CT molecular complexity index is 777. The molecular weight excluding hydrogens is 276 g/mol. The van der Waals surface area contributed by atoms with Crippen molar-refractivity contribution < 1.29 is 0 Å². The summed E-state index contributed by atoms with van der Waals surface area (Å²) in [5, 5.41) is 2.74. The molecule has 0 fully saturated rings. The predicted octanol–water partition coefficient (Wildman–Crippen LogP) is 4.17. The van der Waals surface area contributed by atoms with Gasteiger partial charge in [0.05, 0.1) is 10.5 Å². The van der Waals surface area contributed by atoms with Crippen molar-refractivity contribution in [2.75, 3.05) is 12.3 Å². The summed E-state index contributed by atoms with van der Waals surface area (Å²) in [6.45, 7) is 0.732. The van der Waals surface area contributed by atoms with Gasteiger partial charge in [-0.3, -0.25) is 0 Å². The van der Waals surface area contributed by atoms with E-state index >= 15 is 0 Å². The molecule has 3 aromatic rings. The van der Waals surface area contributed by atoms with Gasteiger partial charge in [-0.2, -0.15) is 0 Å². The van der Waals surface area contributed by atoms with Crippen LogP contribution in [0.2, 0.25) is 0 Å². The number of para-hydroxylation sites is 2. The van der Waals surface area contributed by atoms with Crippen LogP contribution in [0.1, 0.15) is 17.9 Å². The quantitative estimate of drug-likeness (QED) is 0.769. The van der Waals surface area contributed by atoms with Crippen molar-refractivity contribution in [3.63, 3.8) is 0 Å². The van der Waals surface area contributed by atoms with Crippen LogP contribution >= 0.6 is 11.8 Å². The Morgan fingerprint density at radius 3 is 2.62 bits per heavy atom. The summed E-state index contributed by atoms with van der Waals surface area (Å²) in [7, 11) is 0. The van der Waals surface area contributed by atoms with Crippen molar-refractivity contribution in [1.29, 1.82) is 0 Å². The summed E-state index contributed by atoms with van der Waals surface area (Å²) in [6, 6.07) is 19.3. The minimum Gasteiger partial charge on any atom is -0.330 e. The zero-order valence-corrected chi connectivity index (χ0v) is 12.6. The number of nitrogens with zero attached hydrogens (tertiary/aromatic N) is 1. The lowest BCUT2D eigenvalue weighted by Gasteiger charge is -2.22. The maximum Gasteiger partial charge on any atom is 0.0841 e. The molecular formula is C18H18N2S. The van der Waals surface area contributed by atoms with Gasteiger partial charge in [0.15, 0.2) is 0 Å². The highest BCUT2D eigenvalue weighted by Gasteiger charge is 2.27. The van der Waals surface area contributed by atoms with Crippen LogP contribution in [0, 0.1) is 0 Å². The molecule has 2 heterocycles. The molecule has 1 atom stereocenters. The smallest absolute Gasteiger partial charge is 0.0841 e. The molecule has 0 spiro atoms. The molecule has 2 N–H and O–H groups in total. The van der Waals surface area contributed by atoms with Gasteiger partial charge in [-0.25, -0.2) is 0 Å². The highest BCUT2D eigenvalue weighted by atomic mass is 32.2. The van der Waals surface area contributed by atoms with Crippen LogP contribution in [0.25, 0.3) is 16.6 Å². The molecule has 0 amide bonds. The third-order valence-corrected chi connectivity index (χ3v) is 5.40. The molecule has 106 valence electrons. The first-order valence-corrected chi connectivity index (χ1v) is 8.40. The second-order valence-electron chi connectivity index (χ2n) is 5.48. The van der Waals surface area contributed by atoms with Crippen molar-refractivity contribution in [2.45, 2.75) is 17.4 Å². The van der Waals surface area contributed by atoms with Crippen LogP contribution < -0.4 is 5.73 Å². The second-order valence-corrected chi connectivity index (χ2v) is 6.56. The van der Waals surface area contributed by atoms with Crippen molar-refractivity contribution in [3.05, 3.63) is 60.2 Å². The van der Waals surface area contributed by atoms with E-state index in [-0.39, 0.29) is 0 Å². The monoisotopic (exact) mass is 294 g/mol. The summed E-state index contributed by atoms with van der Waals surface area (Å²) in [5.74, 6) is 1.63. The molecule has 1 unspecified atom stereocenters. The Labute approximate surface area is 129 Å². The Morgan fingerprint density at radius 1 is 1.05 bits per heavy atom. The van der Waals surface area contributed by atoms with E-state index in [1.165, 1.54) is 33.6 Å². The zero-order chi connectivity index (χ0) is 14.2. The number of rotatable bonds is 2. The molecule has 21 heavy (non-hydrogen) atoms. The summed E-state index contributed by atoms with van der Waals surface area (Å²) >= 11 is 1.96. The van der Waals surface area contributed by atoms with Gasteiger partial charge in [0.1, 0.15) is 0 Å². The predicted molar refractivity (Wildman–Crippen MR) is 90.4 cm³/mol. The topological polar surface area (TPSA) is 30.9 Å². The van der Waals surface area contributed by atoms with Gasteiger partial charge in [0.2, 0.25) is 0 Å². The van der Waals surface area contributed by atoms with E-state index in [0.717, 1.165) is 12.3 Å². The fourth-order valence-corrected chi connectivity index (χ4v) is 4.65. The first-order chi connectivity index (χ1) is 10.4. The van der Waals surface area contributed by atoms with Gasteiger partial charge >= 0.3 is 0 Å². The van der Waals surface area contributed by atoms with Gasteiger partial charge in [0, 0.05) is 22.7 Å². The molecule has 1 aliphatic rings. The van der Waals surface area contributed by atoms with Crippen molar-refractivity contribution in [3.8, 4) is 5.69 Å². The van der Waals surface area contributed by atoms with E-state index in [4.69, 9.17) is 5.73 Å². The van der Waals surface area contributed by atoms with Gasteiger partial charge in [-0.1, -0.05) is 36.4 Å². The van der Waals surface area contributed by atoms with Crippen LogP contribution in [0.15, 0.2) is 59.6 Å². The van der Waals surface area contributed by atoms with Crippen molar-refractivity contribution in [2.24, 2.45) is 5.73 Å². The van der Waals surface area contributed by atoms with Crippen LogP contribution in [-0.4, -0.2) is 16.9 Å². The number of fused-ring (bicyclic) bond motifs is 3. The van der Waals surface area contributed by atoms with Gasteiger partial charge in [-0.05, 0) is 36.7 Å². The highest BCUT2D eigenvalue weighted by molar-refractivity contribution is 7.99. The van der Waals surface area contributed by atoms with E-state index < -0.39 is 0 Å². The normalized spacial score (nSPS) is 17.9. The van der Waals surface area contributed by atoms with E-state index in [0.29, 0.717) is 5.92 Å². The lowest BCUT2D eigenvalue weighted by atomic mass is 9.96. The Morgan fingerprint density at radius 2 is 1.81 bits per heavy atom. The van der Waals surface area contributed by atoms with Crippen LogP contribution in [-0.2, 0) is 0 Å². The third kappa shape index (κ3) is 2.00. The zero-order valence-electron chi connectivity index (χ0n) is 11.8. The number of thioether (sulfide) groups is 1. The average molecular weight is 294 g/mol. The third-order valence-electron chi connectivity index (χ3n) is 4.28. The number of hydrogen-bond donors (Lipinski definition) is 1. The SMILES string of the molecule is NCC1CCSc2c1c1ccccc1n2-c1ccccc1. The van der Waals surface area contributed by atoms with Crippen molar-refractivity contribution in [1.82, 2.24) is 4.57 Å². The Kier molecular flexibility index (Phi) is 3.24. The van der Waals surface area contributed by atoms with Crippen LogP contribution in [0.3, 0.4) is 0 Å². The maximum atomic E-state index is 6.04. The summed E-state index contributed by atoms with van der Waals surface area (Å²) < 4.78 is 2.40. The molecule has 0 radical (unpaired) electrons. The summed E-state index contributed by atoms with van der Waals surface area (Å²) in [6.07, 6.45) is 1.18. The van der Waals surface area contributed by atoms with E-state index in [1.807, 2.05) is 11.8 Å². The molecule has 0 aliphatic carbocycles. The molecule has 0 saturated heterocycles.